The average Bonchev–Trinajstić information content (AvgIpc) is 2.36. The highest BCUT2D eigenvalue weighted by molar-refractivity contribution is 7.78. The van der Waals surface area contributed by atoms with E-state index in [2.05, 4.69) is 27.4 Å². The van der Waals surface area contributed by atoms with Crippen molar-refractivity contribution in [2.45, 2.75) is 19.9 Å². The van der Waals surface area contributed by atoms with Gasteiger partial charge in [0, 0.05) is 11.1 Å². The zero-order valence-corrected chi connectivity index (χ0v) is 8.00. The zero-order valence-electron chi connectivity index (χ0n) is 6.37. The molecule has 1 aromatic rings. The maximum Gasteiger partial charge on any atom is 0.118 e. The van der Waals surface area contributed by atoms with E-state index in [0.717, 1.165) is 10.7 Å². The van der Waals surface area contributed by atoms with E-state index in [-0.39, 0.29) is 6.04 Å². The molecule has 0 aliphatic carbocycles. The average molecular weight is 184 g/mol. The van der Waals surface area contributed by atoms with E-state index >= 15 is 0 Å². The smallest absolute Gasteiger partial charge is 0.118 e. The highest BCUT2D eigenvalue weighted by atomic mass is 32.1. The molecule has 11 heavy (non-hydrogen) atoms. The summed E-state index contributed by atoms with van der Waals surface area (Å²) in [4.78, 5) is 8.19. The van der Waals surface area contributed by atoms with E-state index in [4.69, 9.17) is 0 Å². The lowest BCUT2D eigenvalue weighted by Gasteiger charge is -1.95. The van der Waals surface area contributed by atoms with Gasteiger partial charge < -0.3 is 0 Å². The van der Waals surface area contributed by atoms with Gasteiger partial charge in [-0.2, -0.15) is 0 Å². The number of thiazole rings is 1. The van der Waals surface area contributed by atoms with Crippen LogP contribution in [0.25, 0.3) is 0 Å². The molecule has 0 aromatic carbocycles. The van der Waals surface area contributed by atoms with Crippen LogP contribution in [0.15, 0.2) is 10.4 Å². The van der Waals surface area contributed by atoms with Gasteiger partial charge in [0.05, 0.1) is 5.16 Å². The number of hydrogen-bond donors (Lipinski definition) is 0. The van der Waals surface area contributed by atoms with Gasteiger partial charge in [0.15, 0.2) is 0 Å². The molecule has 0 aliphatic rings. The number of aryl methyl sites for hydroxylation is 1. The van der Waals surface area contributed by atoms with Crippen molar-refractivity contribution < 1.29 is 0 Å². The lowest BCUT2D eigenvalue weighted by molar-refractivity contribution is 0.812. The standard InChI is InChI=1S/C7H8N2S2/c1-5-3-11-7(9-5)6(2)8-4-10/h3,6H,1-2H3. The van der Waals surface area contributed by atoms with E-state index in [1.807, 2.05) is 19.2 Å². The van der Waals surface area contributed by atoms with Crippen LogP contribution in [-0.4, -0.2) is 10.1 Å². The molecule has 1 aromatic heterocycles. The summed E-state index contributed by atoms with van der Waals surface area (Å²) in [6.45, 7) is 3.92. The fraction of sp³-hybridized carbons (Fsp3) is 0.429. The first kappa shape index (κ1) is 8.53. The molecule has 0 amide bonds. The highest BCUT2D eigenvalue weighted by Gasteiger charge is 2.05. The number of aliphatic imine (C=N–C) groups is 1. The molecular formula is C7H8N2S2. The van der Waals surface area contributed by atoms with E-state index in [1.54, 1.807) is 11.3 Å². The molecule has 0 radical (unpaired) electrons. The minimum Gasteiger partial charge on any atom is -0.244 e. The van der Waals surface area contributed by atoms with E-state index in [0.29, 0.717) is 0 Å². The largest absolute Gasteiger partial charge is 0.244 e. The SMILES string of the molecule is Cc1csc(C(C)N=C=S)n1. The Hall–Kier alpha value is -0.570. The number of aromatic nitrogens is 1. The molecule has 0 bridgehead atoms. The van der Waals surface area contributed by atoms with Crippen molar-refractivity contribution in [3.8, 4) is 0 Å². The van der Waals surface area contributed by atoms with Crippen LogP contribution in [-0.2, 0) is 0 Å². The van der Waals surface area contributed by atoms with Gasteiger partial charge in [-0.3, -0.25) is 0 Å². The van der Waals surface area contributed by atoms with Gasteiger partial charge in [-0.25, -0.2) is 9.98 Å². The molecule has 1 heterocycles. The summed E-state index contributed by atoms with van der Waals surface area (Å²) in [6, 6.07) is 0.0613. The Kier molecular flexibility index (Phi) is 2.88. The fourth-order valence-corrected chi connectivity index (χ4v) is 1.65. The van der Waals surface area contributed by atoms with Crippen molar-refractivity contribution in [1.82, 2.24) is 4.98 Å². The Morgan fingerprint density at radius 1 is 1.82 bits per heavy atom. The molecule has 58 valence electrons. The van der Waals surface area contributed by atoms with Gasteiger partial charge in [0.1, 0.15) is 11.0 Å². The minimum atomic E-state index is 0.0613. The van der Waals surface area contributed by atoms with E-state index < -0.39 is 0 Å². The van der Waals surface area contributed by atoms with Crippen molar-refractivity contribution in [2.24, 2.45) is 4.99 Å². The van der Waals surface area contributed by atoms with Gasteiger partial charge in [0.25, 0.3) is 0 Å². The Morgan fingerprint density at radius 3 is 3.00 bits per heavy atom. The third kappa shape index (κ3) is 2.19. The third-order valence-corrected chi connectivity index (χ3v) is 2.48. The molecule has 1 atom stereocenters. The molecule has 0 saturated carbocycles. The lowest BCUT2D eigenvalue weighted by Crippen LogP contribution is -1.86. The third-order valence-electron chi connectivity index (χ3n) is 1.24. The van der Waals surface area contributed by atoms with E-state index in [9.17, 15) is 0 Å². The summed E-state index contributed by atoms with van der Waals surface area (Å²) in [6.07, 6.45) is 0. The van der Waals surface area contributed by atoms with Crippen LogP contribution < -0.4 is 0 Å². The zero-order chi connectivity index (χ0) is 8.27. The summed E-state index contributed by atoms with van der Waals surface area (Å²) < 4.78 is 0. The van der Waals surface area contributed by atoms with Gasteiger partial charge in [-0.15, -0.1) is 11.3 Å². The number of thiocarbonyl (C=S) groups is 1. The maximum absolute atomic E-state index is 4.50. The van der Waals surface area contributed by atoms with Crippen LogP contribution in [0.4, 0.5) is 0 Å². The molecule has 4 heteroatoms. The Morgan fingerprint density at radius 2 is 2.55 bits per heavy atom. The molecule has 0 fully saturated rings. The summed E-state index contributed by atoms with van der Waals surface area (Å²) in [5.41, 5.74) is 1.04. The van der Waals surface area contributed by atoms with Crippen LogP contribution in [0.5, 0.6) is 0 Å². The van der Waals surface area contributed by atoms with Crippen molar-refractivity contribution in [3.63, 3.8) is 0 Å². The van der Waals surface area contributed by atoms with Gasteiger partial charge in [0.2, 0.25) is 0 Å². The quantitative estimate of drug-likeness (QED) is 0.521. The minimum absolute atomic E-state index is 0.0613. The van der Waals surface area contributed by atoms with Crippen molar-refractivity contribution in [3.05, 3.63) is 16.1 Å². The van der Waals surface area contributed by atoms with Crippen LogP contribution >= 0.6 is 23.6 Å². The maximum atomic E-state index is 4.50. The van der Waals surface area contributed by atoms with E-state index in [1.165, 1.54) is 0 Å². The molecule has 1 rings (SSSR count). The Bertz CT molecular complexity index is 286. The summed E-state index contributed by atoms with van der Waals surface area (Å²) in [5, 5.41) is 5.35. The number of rotatable bonds is 2. The predicted octanol–water partition coefficient (Wildman–Crippen LogP) is 2.62. The fourth-order valence-electron chi connectivity index (χ4n) is 0.698. The summed E-state index contributed by atoms with van der Waals surface area (Å²) >= 11 is 6.10. The van der Waals surface area contributed by atoms with Gasteiger partial charge >= 0.3 is 0 Å². The monoisotopic (exact) mass is 184 g/mol. The Labute approximate surface area is 75.0 Å². The second-order valence-corrected chi connectivity index (χ2v) is 3.30. The first-order valence-corrected chi connectivity index (χ1v) is 4.52. The molecular weight excluding hydrogens is 176 g/mol. The molecule has 2 nitrogen and oxygen atoms in total. The number of nitrogens with zero attached hydrogens (tertiary/aromatic N) is 2. The van der Waals surface area contributed by atoms with Crippen LogP contribution in [0.1, 0.15) is 23.7 Å². The second-order valence-electron chi connectivity index (χ2n) is 2.22. The molecule has 0 aliphatic heterocycles. The van der Waals surface area contributed by atoms with Crippen molar-refractivity contribution in [1.29, 1.82) is 0 Å². The highest BCUT2D eigenvalue weighted by Crippen LogP contribution is 2.19. The number of hydrogen-bond acceptors (Lipinski definition) is 4. The molecule has 0 spiro atoms. The summed E-state index contributed by atoms with van der Waals surface area (Å²) in [5.74, 6) is 0. The lowest BCUT2D eigenvalue weighted by atomic mass is 10.4. The number of isothiocyanates is 1. The second kappa shape index (κ2) is 3.72. The molecule has 0 saturated heterocycles. The molecule has 1 unspecified atom stereocenters. The first-order valence-electron chi connectivity index (χ1n) is 3.23. The topological polar surface area (TPSA) is 25.2 Å². The van der Waals surface area contributed by atoms with Crippen LogP contribution in [0.3, 0.4) is 0 Å². The van der Waals surface area contributed by atoms with Crippen molar-refractivity contribution >= 4 is 28.7 Å². The predicted molar refractivity (Wildman–Crippen MR) is 50.3 cm³/mol. The van der Waals surface area contributed by atoms with Gasteiger partial charge in [-0.05, 0) is 26.1 Å². The summed E-state index contributed by atoms with van der Waals surface area (Å²) in [7, 11) is 0. The first-order chi connectivity index (χ1) is 5.24. The van der Waals surface area contributed by atoms with Crippen LogP contribution in [0.2, 0.25) is 0 Å². The van der Waals surface area contributed by atoms with Gasteiger partial charge in [-0.1, -0.05) is 0 Å². The van der Waals surface area contributed by atoms with Crippen LogP contribution in [0, 0.1) is 6.92 Å². The normalized spacial score (nSPS) is 12.2. The van der Waals surface area contributed by atoms with Crippen molar-refractivity contribution in [2.75, 3.05) is 0 Å². The Balaban J connectivity index is 2.84. The molecule has 0 N–H and O–H groups in total.